The smallest absolute Gasteiger partial charge is 0.213 e. The first-order valence-electron chi connectivity index (χ1n) is 5.25. The molecule has 0 aliphatic carbocycles. The number of rotatable bonds is 3. The third kappa shape index (κ3) is 2.65. The topological polar surface area (TPSA) is 34.1 Å². The SMILES string of the molecule is Cc1nc(OCC2CCCN2)ccc1F. The van der Waals surface area contributed by atoms with Gasteiger partial charge in [-0.25, -0.2) is 9.37 Å². The molecule has 2 heterocycles. The minimum atomic E-state index is -0.290. The van der Waals surface area contributed by atoms with Crippen LogP contribution in [0.5, 0.6) is 5.88 Å². The maximum absolute atomic E-state index is 12.9. The van der Waals surface area contributed by atoms with Crippen molar-refractivity contribution in [2.45, 2.75) is 25.8 Å². The zero-order chi connectivity index (χ0) is 10.7. The highest BCUT2D eigenvalue weighted by Gasteiger charge is 2.14. The van der Waals surface area contributed by atoms with Crippen LogP contribution in [0.15, 0.2) is 12.1 Å². The van der Waals surface area contributed by atoms with Gasteiger partial charge in [-0.1, -0.05) is 0 Å². The van der Waals surface area contributed by atoms with E-state index in [1.165, 1.54) is 12.5 Å². The summed E-state index contributed by atoms with van der Waals surface area (Å²) in [7, 11) is 0. The second kappa shape index (κ2) is 4.57. The summed E-state index contributed by atoms with van der Waals surface area (Å²) in [6.07, 6.45) is 2.34. The van der Waals surface area contributed by atoms with Crippen molar-refractivity contribution < 1.29 is 9.13 Å². The second-order valence-electron chi connectivity index (χ2n) is 3.82. The van der Waals surface area contributed by atoms with E-state index in [9.17, 15) is 4.39 Å². The molecule has 0 saturated carbocycles. The monoisotopic (exact) mass is 210 g/mol. The van der Waals surface area contributed by atoms with Crippen LogP contribution in [0.2, 0.25) is 0 Å². The van der Waals surface area contributed by atoms with Gasteiger partial charge in [0.05, 0.1) is 5.69 Å². The summed E-state index contributed by atoms with van der Waals surface area (Å²) < 4.78 is 18.4. The fraction of sp³-hybridized carbons (Fsp3) is 0.545. The number of hydrogen-bond acceptors (Lipinski definition) is 3. The first kappa shape index (κ1) is 10.4. The van der Waals surface area contributed by atoms with E-state index in [4.69, 9.17) is 4.74 Å². The number of ether oxygens (including phenoxy) is 1. The summed E-state index contributed by atoms with van der Waals surface area (Å²) in [5.41, 5.74) is 0.381. The van der Waals surface area contributed by atoms with Crippen LogP contribution in [-0.2, 0) is 0 Å². The number of aryl methyl sites for hydroxylation is 1. The number of pyridine rings is 1. The van der Waals surface area contributed by atoms with Crippen molar-refractivity contribution >= 4 is 0 Å². The van der Waals surface area contributed by atoms with Gasteiger partial charge in [0.1, 0.15) is 12.4 Å². The van der Waals surface area contributed by atoms with E-state index >= 15 is 0 Å². The average molecular weight is 210 g/mol. The molecule has 1 aliphatic heterocycles. The van der Waals surface area contributed by atoms with Gasteiger partial charge in [0.15, 0.2) is 0 Å². The number of aromatic nitrogens is 1. The van der Waals surface area contributed by atoms with Crippen molar-refractivity contribution in [3.05, 3.63) is 23.6 Å². The molecule has 0 spiro atoms. The van der Waals surface area contributed by atoms with E-state index in [0.717, 1.165) is 13.0 Å². The molecule has 1 unspecified atom stereocenters. The predicted molar refractivity (Wildman–Crippen MR) is 55.5 cm³/mol. The van der Waals surface area contributed by atoms with Crippen LogP contribution in [0, 0.1) is 12.7 Å². The Bertz CT molecular complexity index is 337. The molecule has 1 aliphatic rings. The Morgan fingerprint density at radius 3 is 3.13 bits per heavy atom. The lowest BCUT2D eigenvalue weighted by atomic mass is 10.2. The predicted octanol–water partition coefficient (Wildman–Crippen LogP) is 1.66. The summed E-state index contributed by atoms with van der Waals surface area (Å²) >= 11 is 0. The van der Waals surface area contributed by atoms with Crippen LogP contribution in [0.4, 0.5) is 4.39 Å². The van der Waals surface area contributed by atoms with Gasteiger partial charge in [-0.2, -0.15) is 0 Å². The highest BCUT2D eigenvalue weighted by Crippen LogP contribution is 2.12. The van der Waals surface area contributed by atoms with E-state index in [1.54, 1.807) is 13.0 Å². The van der Waals surface area contributed by atoms with Gasteiger partial charge in [0, 0.05) is 12.1 Å². The first-order valence-corrected chi connectivity index (χ1v) is 5.25. The zero-order valence-electron chi connectivity index (χ0n) is 8.79. The molecule has 1 fully saturated rings. The summed E-state index contributed by atoms with van der Waals surface area (Å²) in [5.74, 6) is 0.212. The van der Waals surface area contributed by atoms with Crippen LogP contribution in [0.25, 0.3) is 0 Å². The number of nitrogens with zero attached hydrogens (tertiary/aromatic N) is 1. The van der Waals surface area contributed by atoms with Crippen molar-refractivity contribution in [1.29, 1.82) is 0 Å². The van der Waals surface area contributed by atoms with Gasteiger partial charge in [-0.15, -0.1) is 0 Å². The molecule has 0 bridgehead atoms. The molecule has 1 aromatic rings. The van der Waals surface area contributed by atoms with Crippen molar-refractivity contribution in [2.75, 3.05) is 13.2 Å². The highest BCUT2D eigenvalue weighted by atomic mass is 19.1. The Hall–Kier alpha value is -1.16. The Balaban J connectivity index is 1.90. The molecule has 0 amide bonds. The van der Waals surface area contributed by atoms with Crippen molar-refractivity contribution in [2.24, 2.45) is 0 Å². The lowest BCUT2D eigenvalue weighted by molar-refractivity contribution is 0.266. The van der Waals surface area contributed by atoms with Crippen molar-refractivity contribution in [1.82, 2.24) is 10.3 Å². The van der Waals surface area contributed by atoms with Crippen LogP contribution in [-0.4, -0.2) is 24.2 Å². The van der Waals surface area contributed by atoms with Crippen molar-refractivity contribution in [3.63, 3.8) is 0 Å². The molecule has 1 aromatic heterocycles. The quantitative estimate of drug-likeness (QED) is 0.823. The van der Waals surface area contributed by atoms with Gasteiger partial charge >= 0.3 is 0 Å². The molecule has 3 nitrogen and oxygen atoms in total. The van der Waals surface area contributed by atoms with Gasteiger partial charge < -0.3 is 10.1 Å². The first-order chi connectivity index (χ1) is 7.25. The number of nitrogens with one attached hydrogen (secondary N) is 1. The lowest BCUT2D eigenvalue weighted by Gasteiger charge is -2.11. The van der Waals surface area contributed by atoms with Gasteiger partial charge in [-0.3, -0.25) is 0 Å². The third-order valence-corrected chi connectivity index (χ3v) is 2.59. The highest BCUT2D eigenvalue weighted by molar-refractivity contribution is 5.16. The van der Waals surface area contributed by atoms with E-state index < -0.39 is 0 Å². The normalized spacial score (nSPS) is 20.5. The number of halogens is 1. The van der Waals surface area contributed by atoms with E-state index in [-0.39, 0.29) is 5.82 Å². The third-order valence-electron chi connectivity index (χ3n) is 2.59. The largest absolute Gasteiger partial charge is 0.476 e. The Kier molecular flexibility index (Phi) is 3.16. The Morgan fingerprint density at radius 1 is 1.60 bits per heavy atom. The fourth-order valence-corrected chi connectivity index (χ4v) is 1.69. The maximum atomic E-state index is 12.9. The van der Waals surface area contributed by atoms with E-state index in [1.807, 2.05) is 0 Å². The molecule has 15 heavy (non-hydrogen) atoms. The molecule has 0 aromatic carbocycles. The standard InChI is InChI=1S/C11H15FN2O/c1-8-10(12)4-5-11(14-8)15-7-9-3-2-6-13-9/h4-5,9,13H,2-3,6-7H2,1H3. The lowest BCUT2D eigenvalue weighted by Crippen LogP contribution is -2.28. The molecule has 1 N–H and O–H groups in total. The average Bonchev–Trinajstić information content (AvgIpc) is 2.73. The van der Waals surface area contributed by atoms with Crippen LogP contribution in [0.1, 0.15) is 18.5 Å². The molecule has 82 valence electrons. The van der Waals surface area contributed by atoms with Gasteiger partial charge in [0.2, 0.25) is 5.88 Å². The second-order valence-corrected chi connectivity index (χ2v) is 3.82. The molecular weight excluding hydrogens is 195 g/mol. The fourth-order valence-electron chi connectivity index (χ4n) is 1.69. The Labute approximate surface area is 88.7 Å². The minimum absolute atomic E-state index is 0.290. The van der Waals surface area contributed by atoms with Crippen LogP contribution < -0.4 is 10.1 Å². The summed E-state index contributed by atoms with van der Waals surface area (Å²) in [6.45, 7) is 3.30. The molecular formula is C11H15FN2O. The van der Waals surface area contributed by atoms with Gasteiger partial charge in [-0.05, 0) is 32.4 Å². The molecule has 4 heteroatoms. The Morgan fingerprint density at radius 2 is 2.47 bits per heavy atom. The van der Waals surface area contributed by atoms with Crippen molar-refractivity contribution in [3.8, 4) is 5.88 Å². The van der Waals surface area contributed by atoms with Gasteiger partial charge in [0.25, 0.3) is 0 Å². The molecule has 0 radical (unpaired) electrons. The zero-order valence-corrected chi connectivity index (χ0v) is 8.79. The maximum Gasteiger partial charge on any atom is 0.213 e. The van der Waals surface area contributed by atoms with E-state index in [2.05, 4.69) is 10.3 Å². The van der Waals surface area contributed by atoms with Crippen LogP contribution >= 0.6 is 0 Å². The summed E-state index contributed by atoms with van der Waals surface area (Å²) in [6, 6.07) is 3.37. The minimum Gasteiger partial charge on any atom is -0.476 e. The van der Waals surface area contributed by atoms with Crippen LogP contribution in [0.3, 0.4) is 0 Å². The van der Waals surface area contributed by atoms with E-state index in [0.29, 0.717) is 24.2 Å². The summed E-state index contributed by atoms with van der Waals surface area (Å²) in [4.78, 5) is 4.01. The molecule has 1 saturated heterocycles. The number of hydrogen-bond donors (Lipinski definition) is 1. The summed E-state index contributed by atoms with van der Waals surface area (Å²) in [5, 5.41) is 3.33. The molecule has 1 atom stereocenters. The molecule has 2 rings (SSSR count).